The minimum absolute atomic E-state index is 0.0136. The van der Waals surface area contributed by atoms with E-state index < -0.39 is 23.0 Å². The first kappa shape index (κ1) is 32.4. The van der Waals surface area contributed by atoms with Crippen molar-refractivity contribution < 1.29 is 19.4 Å². The summed E-state index contributed by atoms with van der Waals surface area (Å²) >= 11 is 1.22. The molecule has 0 spiro atoms. The van der Waals surface area contributed by atoms with Gasteiger partial charge in [0.05, 0.1) is 18.1 Å². The third-order valence-electron chi connectivity index (χ3n) is 11.4. The molecule has 1 aromatic heterocycles. The van der Waals surface area contributed by atoms with Gasteiger partial charge in [-0.3, -0.25) is 9.59 Å². The van der Waals surface area contributed by atoms with Crippen molar-refractivity contribution in [2.75, 3.05) is 24.7 Å². The number of carbonyl (C=O) groups is 2. The van der Waals surface area contributed by atoms with Gasteiger partial charge in [-0.1, -0.05) is 57.7 Å². The second-order valence-corrected chi connectivity index (χ2v) is 14.9. The molecule has 1 aromatic carbocycles. The number of Topliss-reactive ketones (excluding diaryl/α,β-unsaturated/α-hetero) is 1. The molecule has 1 N–H and O–H groups in total. The van der Waals surface area contributed by atoms with E-state index in [1.54, 1.807) is 10.9 Å². The number of anilines is 1. The SMILES string of the molecule is C=C[C@]1(C)C[C@@H](OC(=O)CSc2nnc(C)n2/N=C/c2ccc(N(C)C)cc2)[C@]2(C)[C@H](C)CC[C@]3(CCC(=O)[C@H]32)[C@@H](C)[C@@H]1O. The smallest absolute Gasteiger partial charge is 0.316 e. The molecule has 8 atom stereocenters. The van der Waals surface area contributed by atoms with Crippen molar-refractivity contribution in [3.8, 4) is 0 Å². The predicted octanol–water partition coefficient (Wildman–Crippen LogP) is 5.53. The molecule has 0 radical (unpaired) electrons. The molecule has 10 heteroatoms. The van der Waals surface area contributed by atoms with Crippen LogP contribution in [-0.4, -0.2) is 70.0 Å². The van der Waals surface area contributed by atoms with E-state index in [0.717, 1.165) is 30.5 Å². The van der Waals surface area contributed by atoms with Gasteiger partial charge in [0.15, 0.2) is 5.82 Å². The van der Waals surface area contributed by atoms with Crippen molar-refractivity contribution in [2.24, 2.45) is 39.1 Å². The molecule has 0 aliphatic heterocycles. The van der Waals surface area contributed by atoms with E-state index in [4.69, 9.17) is 4.74 Å². The summed E-state index contributed by atoms with van der Waals surface area (Å²) in [6.45, 7) is 14.4. The summed E-state index contributed by atoms with van der Waals surface area (Å²) in [6.07, 6.45) is 5.85. The number of aromatic nitrogens is 3. The summed E-state index contributed by atoms with van der Waals surface area (Å²) in [4.78, 5) is 29.2. The molecular weight excluding hydrogens is 574 g/mol. The van der Waals surface area contributed by atoms with Crippen LogP contribution >= 0.6 is 11.8 Å². The summed E-state index contributed by atoms with van der Waals surface area (Å²) in [7, 11) is 3.99. The Balaban J connectivity index is 1.37. The third kappa shape index (κ3) is 5.42. The summed E-state index contributed by atoms with van der Waals surface area (Å²) in [5, 5.41) is 25.2. The number of hydrogen-bond donors (Lipinski definition) is 1. The van der Waals surface area contributed by atoms with E-state index in [1.165, 1.54) is 11.8 Å². The topological polar surface area (TPSA) is 110 Å². The van der Waals surface area contributed by atoms with Gasteiger partial charge in [-0.05, 0) is 67.6 Å². The molecule has 2 aromatic rings. The molecule has 0 unspecified atom stereocenters. The summed E-state index contributed by atoms with van der Waals surface area (Å²) < 4.78 is 8.00. The molecular formula is C34H47N5O4S. The first-order valence-electron chi connectivity index (χ1n) is 15.7. The maximum Gasteiger partial charge on any atom is 0.316 e. The van der Waals surface area contributed by atoms with Gasteiger partial charge < -0.3 is 14.7 Å². The Morgan fingerprint density at radius 1 is 1.23 bits per heavy atom. The average molecular weight is 622 g/mol. The van der Waals surface area contributed by atoms with Crippen LogP contribution in [0.5, 0.6) is 0 Å². The van der Waals surface area contributed by atoms with E-state index in [2.05, 4.69) is 42.6 Å². The zero-order chi connectivity index (χ0) is 32.0. The third-order valence-corrected chi connectivity index (χ3v) is 12.3. The molecule has 44 heavy (non-hydrogen) atoms. The lowest BCUT2D eigenvalue weighted by Crippen LogP contribution is -2.63. The first-order valence-corrected chi connectivity index (χ1v) is 16.7. The van der Waals surface area contributed by atoms with E-state index in [-0.39, 0.29) is 40.7 Å². The van der Waals surface area contributed by atoms with Gasteiger partial charge in [0.1, 0.15) is 11.9 Å². The number of aryl methyl sites for hydroxylation is 1. The molecule has 1 heterocycles. The zero-order valence-corrected chi connectivity index (χ0v) is 27.9. The number of aliphatic hydroxyl groups is 1. The number of aliphatic hydroxyl groups excluding tert-OH is 1. The zero-order valence-electron chi connectivity index (χ0n) is 27.1. The number of rotatable bonds is 8. The number of nitrogens with zero attached hydrogens (tertiary/aromatic N) is 5. The molecule has 3 saturated carbocycles. The standard InChI is InChI=1S/C34H47N5O4S/c1-9-32(5)18-27(33(6)21(2)14-16-34(22(3)30(32)42)17-15-26(40)29(33)34)43-28(41)20-44-31-37-36-23(4)39(31)35-19-24-10-12-25(13-11-24)38(7)8/h9-13,19,21-22,27,29-30,42H,1,14-18,20H2,2-8H3/b35-19+/t21-,22+,27-,29+,30+,32-,33+,34+/m1/s1. The van der Waals surface area contributed by atoms with Crippen LogP contribution in [0.1, 0.15) is 71.2 Å². The molecule has 0 amide bonds. The van der Waals surface area contributed by atoms with Crippen molar-refractivity contribution in [3.05, 3.63) is 48.3 Å². The number of hydrogen-bond acceptors (Lipinski definition) is 9. The van der Waals surface area contributed by atoms with Crippen molar-refractivity contribution in [1.82, 2.24) is 14.9 Å². The molecule has 3 aliphatic carbocycles. The first-order chi connectivity index (χ1) is 20.8. The summed E-state index contributed by atoms with van der Waals surface area (Å²) in [5.74, 6) is 0.327. The maximum absolute atomic E-state index is 13.6. The summed E-state index contributed by atoms with van der Waals surface area (Å²) in [6, 6.07) is 8.02. The van der Waals surface area contributed by atoms with Crippen LogP contribution in [0.3, 0.4) is 0 Å². The fourth-order valence-electron chi connectivity index (χ4n) is 8.36. The van der Waals surface area contributed by atoms with Crippen LogP contribution in [0.4, 0.5) is 5.69 Å². The second kappa shape index (κ2) is 12.1. The lowest BCUT2D eigenvalue weighted by Gasteiger charge is -2.61. The van der Waals surface area contributed by atoms with Crippen LogP contribution in [-0.2, 0) is 14.3 Å². The fraction of sp³-hybridized carbons (Fsp3) is 0.618. The van der Waals surface area contributed by atoms with Crippen molar-refractivity contribution in [2.45, 2.75) is 84.1 Å². The van der Waals surface area contributed by atoms with Gasteiger partial charge in [0, 0.05) is 43.0 Å². The van der Waals surface area contributed by atoms with Gasteiger partial charge in [0.2, 0.25) is 5.16 Å². The van der Waals surface area contributed by atoms with Crippen LogP contribution in [0.15, 0.2) is 47.2 Å². The Morgan fingerprint density at radius 2 is 1.93 bits per heavy atom. The van der Waals surface area contributed by atoms with Gasteiger partial charge in [-0.25, -0.2) is 0 Å². The van der Waals surface area contributed by atoms with E-state index in [1.807, 2.05) is 63.2 Å². The van der Waals surface area contributed by atoms with E-state index in [9.17, 15) is 14.7 Å². The Bertz CT molecular complexity index is 1440. The highest BCUT2D eigenvalue weighted by Gasteiger charge is 2.68. The highest BCUT2D eigenvalue weighted by atomic mass is 32.2. The Kier molecular flexibility index (Phi) is 8.90. The Hall–Kier alpha value is -2.98. The number of ketones is 1. The highest BCUT2D eigenvalue weighted by molar-refractivity contribution is 7.99. The van der Waals surface area contributed by atoms with Gasteiger partial charge in [0.25, 0.3) is 0 Å². The second-order valence-electron chi connectivity index (χ2n) is 13.9. The monoisotopic (exact) mass is 621 g/mol. The molecule has 2 bridgehead atoms. The van der Waals surface area contributed by atoms with Crippen LogP contribution in [0.25, 0.3) is 0 Å². The lowest BCUT2D eigenvalue weighted by atomic mass is 9.44. The Morgan fingerprint density at radius 3 is 2.59 bits per heavy atom. The maximum atomic E-state index is 13.6. The van der Waals surface area contributed by atoms with Crippen LogP contribution in [0, 0.1) is 40.9 Å². The van der Waals surface area contributed by atoms with E-state index >= 15 is 0 Å². The average Bonchev–Trinajstić information content (AvgIpc) is 3.54. The van der Waals surface area contributed by atoms with Crippen LogP contribution < -0.4 is 4.90 Å². The molecule has 9 nitrogen and oxygen atoms in total. The number of carbonyl (C=O) groups excluding carboxylic acids is 2. The van der Waals surface area contributed by atoms with Gasteiger partial charge in [-0.15, -0.1) is 16.8 Å². The minimum Gasteiger partial charge on any atom is -0.461 e. The molecule has 238 valence electrons. The van der Waals surface area contributed by atoms with Gasteiger partial charge in [-0.2, -0.15) is 9.78 Å². The molecule has 0 saturated heterocycles. The molecule has 5 rings (SSSR count). The molecule has 3 aliphatic rings. The number of esters is 1. The highest BCUT2D eigenvalue weighted by Crippen LogP contribution is 2.68. The number of benzene rings is 1. The largest absolute Gasteiger partial charge is 0.461 e. The normalized spacial score (nSPS) is 35.2. The Labute approximate surface area is 265 Å². The number of thioether (sulfide) groups is 1. The lowest BCUT2D eigenvalue weighted by molar-refractivity contribution is -0.205. The van der Waals surface area contributed by atoms with Gasteiger partial charge >= 0.3 is 5.97 Å². The summed E-state index contributed by atoms with van der Waals surface area (Å²) in [5.41, 5.74) is 0.501. The molecule has 3 fully saturated rings. The quantitative estimate of drug-likeness (QED) is 0.177. The fourth-order valence-corrected chi connectivity index (χ4v) is 9.08. The predicted molar refractivity (Wildman–Crippen MR) is 174 cm³/mol. The van der Waals surface area contributed by atoms with E-state index in [0.29, 0.717) is 23.8 Å². The van der Waals surface area contributed by atoms with Crippen LogP contribution in [0.2, 0.25) is 0 Å². The van der Waals surface area contributed by atoms with Crippen molar-refractivity contribution in [3.63, 3.8) is 0 Å². The van der Waals surface area contributed by atoms with Crippen molar-refractivity contribution in [1.29, 1.82) is 0 Å². The van der Waals surface area contributed by atoms with Crippen molar-refractivity contribution >= 4 is 35.4 Å². The number of ether oxygens (including phenoxy) is 1. The minimum atomic E-state index is -0.694.